The topological polar surface area (TPSA) is 60.0 Å². The van der Waals surface area contributed by atoms with Crippen molar-refractivity contribution in [3.05, 3.63) is 35.4 Å². The fourth-order valence-corrected chi connectivity index (χ4v) is 3.35. The van der Waals surface area contributed by atoms with Gasteiger partial charge in [0, 0.05) is 51.2 Å². The van der Waals surface area contributed by atoms with E-state index in [0.29, 0.717) is 6.04 Å². The maximum atomic E-state index is 12.2. The van der Waals surface area contributed by atoms with E-state index < -0.39 is 0 Å². The molecule has 0 radical (unpaired) electrons. The molecule has 2 rings (SSSR count). The van der Waals surface area contributed by atoms with Crippen LogP contribution in [0.3, 0.4) is 0 Å². The molecule has 0 aromatic heterocycles. The second-order valence-corrected chi connectivity index (χ2v) is 8.27. The molecule has 0 bridgehead atoms. The molecule has 0 saturated carbocycles. The summed E-state index contributed by atoms with van der Waals surface area (Å²) in [7, 11) is 3.94. The quantitative estimate of drug-likeness (QED) is 0.333. The fraction of sp³-hybridized carbons (Fsp3) is 0.636. The molecule has 7 heteroatoms. The van der Waals surface area contributed by atoms with Gasteiger partial charge in [-0.1, -0.05) is 38.1 Å². The number of hydrogen-bond donors (Lipinski definition) is 2. The maximum Gasteiger partial charge on any atom is 0.225 e. The minimum absolute atomic E-state index is 0. The number of nitrogens with zero attached hydrogens (tertiary/aromatic N) is 3. The molecular formula is C22H38IN5O. The van der Waals surface area contributed by atoms with Crippen LogP contribution in [0.1, 0.15) is 45.2 Å². The first-order valence-corrected chi connectivity index (χ1v) is 10.3. The fourth-order valence-electron chi connectivity index (χ4n) is 3.35. The molecular weight excluding hydrogens is 477 g/mol. The summed E-state index contributed by atoms with van der Waals surface area (Å²) < 4.78 is 0. The molecule has 1 aliphatic rings. The van der Waals surface area contributed by atoms with Crippen molar-refractivity contribution in [2.24, 2.45) is 10.9 Å². The zero-order chi connectivity index (χ0) is 20.7. The zero-order valence-corrected chi connectivity index (χ0v) is 21.1. The van der Waals surface area contributed by atoms with Gasteiger partial charge in [0.2, 0.25) is 5.91 Å². The lowest BCUT2D eigenvalue weighted by atomic mass is 10.1. The number of guanidine groups is 1. The molecule has 1 amide bonds. The standard InChI is InChI=1S/C22H37N5O.HI/c1-16(2)21(28)27-12-11-20(15-27)25-22(23-5)24-13-18-9-7-8-10-19(18)14-26(6)17(3)4;/h7-10,16-17,20H,11-15H2,1-6H3,(H2,23,24,25);1H. The van der Waals surface area contributed by atoms with Gasteiger partial charge in [0.25, 0.3) is 0 Å². The average molecular weight is 515 g/mol. The molecule has 0 spiro atoms. The number of benzene rings is 1. The smallest absolute Gasteiger partial charge is 0.225 e. The summed E-state index contributed by atoms with van der Waals surface area (Å²) in [4.78, 5) is 20.8. The molecule has 6 nitrogen and oxygen atoms in total. The van der Waals surface area contributed by atoms with E-state index in [9.17, 15) is 4.79 Å². The van der Waals surface area contributed by atoms with Crippen LogP contribution in [0.15, 0.2) is 29.3 Å². The van der Waals surface area contributed by atoms with Gasteiger partial charge in [-0.05, 0) is 38.4 Å². The molecule has 1 aromatic rings. The molecule has 1 fully saturated rings. The lowest BCUT2D eigenvalue weighted by Gasteiger charge is -2.23. The minimum Gasteiger partial charge on any atom is -0.352 e. The van der Waals surface area contributed by atoms with E-state index in [4.69, 9.17) is 0 Å². The maximum absolute atomic E-state index is 12.2. The average Bonchev–Trinajstić information content (AvgIpc) is 3.13. The Morgan fingerprint density at radius 2 is 1.90 bits per heavy atom. The number of hydrogen-bond acceptors (Lipinski definition) is 3. The molecule has 2 N–H and O–H groups in total. The Kier molecular flexibility index (Phi) is 11.0. The van der Waals surface area contributed by atoms with Crippen molar-refractivity contribution in [2.45, 2.75) is 59.3 Å². The van der Waals surface area contributed by atoms with Gasteiger partial charge in [-0.15, -0.1) is 24.0 Å². The SMILES string of the molecule is CN=C(NCc1ccccc1CN(C)C(C)C)NC1CCN(C(=O)C(C)C)C1.I. The van der Waals surface area contributed by atoms with Crippen LogP contribution in [0.4, 0.5) is 0 Å². The van der Waals surface area contributed by atoms with Gasteiger partial charge in [0.15, 0.2) is 5.96 Å². The number of aliphatic imine (C=N–C) groups is 1. The zero-order valence-electron chi connectivity index (χ0n) is 18.7. The molecule has 1 heterocycles. The molecule has 1 aliphatic heterocycles. The molecule has 1 unspecified atom stereocenters. The summed E-state index contributed by atoms with van der Waals surface area (Å²) in [5.74, 6) is 1.07. The van der Waals surface area contributed by atoms with Crippen LogP contribution < -0.4 is 10.6 Å². The van der Waals surface area contributed by atoms with Crippen LogP contribution in [-0.4, -0.2) is 60.9 Å². The predicted molar refractivity (Wildman–Crippen MR) is 132 cm³/mol. The third kappa shape index (κ3) is 7.77. The number of carbonyl (C=O) groups excluding carboxylic acids is 1. The second-order valence-electron chi connectivity index (χ2n) is 8.27. The van der Waals surface area contributed by atoms with Crippen LogP contribution in [0, 0.1) is 5.92 Å². The first-order chi connectivity index (χ1) is 13.3. The summed E-state index contributed by atoms with van der Waals surface area (Å²) in [6, 6.07) is 9.30. The lowest BCUT2D eigenvalue weighted by Crippen LogP contribution is -2.45. The van der Waals surface area contributed by atoms with Crippen LogP contribution in [-0.2, 0) is 17.9 Å². The van der Waals surface area contributed by atoms with Crippen molar-refractivity contribution in [1.82, 2.24) is 20.4 Å². The number of carbonyl (C=O) groups is 1. The number of rotatable bonds is 7. The summed E-state index contributed by atoms with van der Waals surface area (Å²) in [5, 5.41) is 6.91. The predicted octanol–water partition coefficient (Wildman–Crippen LogP) is 3.07. The summed E-state index contributed by atoms with van der Waals surface area (Å²) in [5.41, 5.74) is 2.61. The van der Waals surface area contributed by atoms with Crippen molar-refractivity contribution in [3.8, 4) is 0 Å². The third-order valence-corrected chi connectivity index (χ3v) is 5.42. The molecule has 1 saturated heterocycles. The number of likely N-dealkylation sites (tertiary alicyclic amines) is 1. The van der Waals surface area contributed by atoms with E-state index in [1.54, 1.807) is 7.05 Å². The Morgan fingerprint density at radius 3 is 2.48 bits per heavy atom. The highest BCUT2D eigenvalue weighted by Gasteiger charge is 2.27. The number of nitrogens with one attached hydrogen (secondary N) is 2. The highest BCUT2D eigenvalue weighted by molar-refractivity contribution is 14.0. The van der Waals surface area contributed by atoms with Crippen molar-refractivity contribution in [1.29, 1.82) is 0 Å². The van der Waals surface area contributed by atoms with Gasteiger partial charge in [-0.2, -0.15) is 0 Å². The Labute approximate surface area is 193 Å². The van der Waals surface area contributed by atoms with Gasteiger partial charge in [-0.25, -0.2) is 0 Å². The van der Waals surface area contributed by atoms with E-state index in [1.807, 2.05) is 18.7 Å². The van der Waals surface area contributed by atoms with Gasteiger partial charge in [0.05, 0.1) is 0 Å². The molecule has 1 aromatic carbocycles. The molecule has 1 atom stereocenters. The van der Waals surface area contributed by atoms with E-state index in [2.05, 4.69) is 65.7 Å². The highest BCUT2D eigenvalue weighted by atomic mass is 127. The van der Waals surface area contributed by atoms with E-state index in [1.165, 1.54) is 11.1 Å². The van der Waals surface area contributed by atoms with Gasteiger partial charge in [-0.3, -0.25) is 14.7 Å². The van der Waals surface area contributed by atoms with Crippen LogP contribution in [0.25, 0.3) is 0 Å². The Morgan fingerprint density at radius 1 is 1.24 bits per heavy atom. The third-order valence-electron chi connectivity index (χ3n) is 5.42. The first-order valence-electron chi connectivity index (χ1n) is 10.3. The number of amides is 1. The van der Waals surface area contributed by atoms with E-state index in [-0.39, 0.29) is 41.8 Å². The highest BCUT2D eigenvalue weighted by Crippen LogP contribution is 2.14. The lowest BCUT2D eigenvalue weighted by molar-refractivity contribution is -0.133. The summed E-state index contributed by atoms with van der Waals surface area (Å²) >= 11 is 0. The van der Waals surface area contributed by atoms with Crippen LogP contribution >= 0.6 is 24.0 Å². The summed E-state index contributed by atoms with van der Waals surface area (Å²) in [6.07, 6.45) is 0.953. The van der Waals surface area contributed by atoms with Crippen LogP contribution in [0.5, 0.6) is 0 Å². The molecule has 164 valence electrons. The van der Waals surface area contributed by atoms with Crippen LogP contribution in [0.2, 0.25) is 0 Å². The molecule has 0 aliphatic carbocycles. The normalized spacial score (nSPS) is 17.1. The Bertz CT molecular complexity index is 677. The Balaban J connectivity index is 0.00000420. The van der Waals surface area contributed by atoms with Gasteiger partial charge < -0.3 is 15.5 Å². The first kappa shape index (κ1) is 25.7. The van der Waals surface area contributed by atoms with E-state index in [0.717, 1.165) is 38.6 Å². The second kappa shape index (κ2) is 12.4. The van der Waals surface area contributed by atoms with E-state index >= 15 is 0 Å². The van der Waals surface area contributed by atoms with Crippen molar-refractivity contribution in [3.63, 3.8) is 0 Å². The Hall–Kier alpha value is -1.35. The molecule has 29 heavy (non-hydrogen) atoms. The van der Waals surface area contributed by atoms with Gasteiger partial charge in [0.1, 0.15) is 0 Å². The van der Waals surface area contributed by atoms with Crippen molar-refractivity contribution >= 4 is 35.8 Å². The van der Waals surface area contributed by atoms with Crippen molar-refractivity contribution < 1.29 is 4.79 Å². The summed E-state index contributed by atoms with van der Waals surface area (Å²) in [6.45, 7) is 11.5. The largest absolute Gasteiger partial charge is 0.352 e. The van der Waals surface area contributed by atoms with Crippen molar-refractivity contribution in [2.75, 3.05) is 27.2 Å². The monoisotopic (exact) mass is 515 g/mol. The minimum atomic E-state index is 0. The number of halogens is 1. The van der Waals surface area contributed by atoms with Gasteiger partial charge >= 0.3 is 0 Å².